The average molecular weight is 569 g/mol. The maximum Gasteiger partial charge on any atom is 0.316 e. The van der Waals surface area contributed by atoms with Crippen molar-refractivity contribution < 1.29 is 19.7 Å². The number of rotatable bonds is 33. The highest BCUT2D eigenvalue weighted by atomic mass is 16.6. The Labute approximate surface area is 250 Å². The van der Waals surface area contributed by atoms with Gasteiger partial charge < -0.3 is 14.9 Å². The largest absolute Gasteiger partial charge is 0.438 e. The molecular weight excluding hydrogens is 496 g/mol. The molecule has 4 nitrogen and oxygen atoms in total. The topological polar surface area (TPSA) is 66.8 Å². The zero-order chi connectivity index (χ0) is 29.4. The Morgan fingerprint density at radius 2 is 0.700 bits per heavy atom. The molecule has 0 unspecified atom stereocenters. The first-order valence-corrected chi connectivity index (χ1v) is 18.1. The second-order valence-corrected chi connectivity index (χ2v) is 12.7. The monoisotopic (exact) mass is 569 g/mol. The van der Waals surface area contributed by atoms with Crippen LogP contribution in [-0.2, 0) is 9.53 Å². The summed E-state index contributed by atoms with van der Waals surface area (Å²) in [6, 6.07) is 0. The molecule has 0 radical (unpaired) electrons. The molecule has 4 heteroatoms. The Morgan fingerprint density at radius 3 is 0.925 bits per heavy atom. The van der Waals surface area contributed by atoms with E-state index in [4.69, 9.17) is 9.84 Å². The van der Waals surface area contributed by atoms with Crippen molar-refractivity contribution in [3.05, 3.63) is 0 Å². The quantitative estimate of drug-likeness (QED) is 0.0469. The van der Waals surface area contributed by atoms with Gasteiger partial charge >= 0.3 is 5.97 Å². The Hall–Kier alpha value is -0.610. The minimum Gasteiger partial charge on any atom is -0.438 e. The maximum atomic E-state index is 12.7. The second-order valence-electron chi connectivity index (χ2n) is 12.7. The summed E-state index contributed by atoms with van der Waals surface area (Å²) in [4.78, 5) is 12.7. The minimum absolute atomic E-state index is 0.178. The van der Waals surface area contributed by atoms with Gasteiger partial charge in [0.1, 0.15) is 0 Å². The van der Waals surface area contributed by atoms with Crippen molar-refractivity contribution in [2.75, 3.05) is 13.4 Å². The molecule has 0 spiro atoms. The lowest BCUT2D eigenvalue weighted by Crippen LogP contribution is -2.37. The van der Waals surface area contributed by atoms with Gasteiger partial charge in [-0.3, -0.25) is 4.79 Å². The van der Waals surface area contributed by atoms with Crippen molar-refractivity contribution in [3.8, 4) is 0 Å². The molecule has 0 saturated carbocycles. The summed E-state index contributed by atoms with van der Waals surface area (Å²) in [6.45, 7) is 3.77. The van der Waals surface area contributed by atoms with Crippen LogP contribution in [0.3, 0.4) is 0 Å². The van der Waals surface area contributed by atoms with Gasteiger partial charge in [-0.05, 0) is 12.8 Å². The van der Waals surface area contributed by atoms with Crippen LogP contribution in [0.1, 0.15) is 206 Å². The number of carbonyl (C=O) groups excluding carboxylic acids is 1. The molecule has 0 heterocycles. The van der Waals surface area contributed by atoms with E-state index in [1.165, 1.54) is 154 Å². The number of esters is 1. The first kappa shape index (κ1) is 39.4. The van der Waals surface area contributed by atoms with E-state index in [0.29, 0.717) is 12.8 Å². The fourth-order valence-corrected chi connectivity index (χ4v) is 6.08. The Balaban J connectivity index is 3.91. The van der Waals surface area contributed by atoms with Crippen LogP contribution in [0, 0.1) is 5.41 Å². The van der Waals surface area contributed by atoms with E-state index in [0.717, 1.165) is 25.7 Å². The van der Waals surface area contributed by atoms with Crippen LogP contribution < -0.4 is 0 Å². The lowest BCUT2D eigenvalue weighted by Gasteiger charge is -2.29. The fraction of sp³-hybridized carbons (Fsp3) is 0.972. The fourth-order valence-electron chi connectivity index (χ4n) is 6.08. The zero-order valence-corrected chi connectivity index (χ0v) is 27.3. The predicted octanol–water partition coefficient (Wildman–Crippen LogP) is 11.2. The van der Waals surface area contributed by atoms with E-state index < -0.39 is 18.2 Å². The minimum atomic E-state index is -0.836. The molecule has 0 aromatic heterocycles. The van der Waals surface area contributed by atoms with Gasteiger partial charge in [-0.1, -0.05) is 194 Å². The van der Waals surface area contributed by atoms with Gasteiger partial charge in [-0.2, -0.15) is 0 Å². The average Bonchev–Trinajstić information content (AvgIpc) is 2.96. The summed E-state index contributed by atoms with van der Waals surface area (Å²) in [6.07, 6.45) is 37.9. The van der Waals surface area contributed by atoms with Crippen molar-refractivity contribution >= 4 is 5.97 Å². The van der Waals surface area contributed by atoms with Gasteiger partial charge in [0.15, 0.2) is 6.79 Å². The third-order valence-corrected chi connectivity index (χ3v) is 8.95. The number of aliphatic hydroxyl groups is 2. The Morgan fingerprint density at radius 1 is 0.450 bits per heavy atom. The molecule has 2 N–H and O–H groups in total. The number of ether oxygens (including phenoxy) is 1. The van der Waals surface area contributed by atoms with Crippen LogP contribution in [0.2, 0.25) is 0 Å². The van der Waals surface area contributed by atoms with Crippen molar-refractivity contribution in [3.63, 3.8) is 0 Å². The van der Waals surface area contributed by atoms with E-state index in [9.17, 15) is 9.90 Å². The first-order valence-electron chi connectivity index (χ1n) is 18.1. The van der Waals surface area contributed by atoms with Crippen molar-refractivity contribution in [1.29, 1.82) is 0 Å². The van der Waals surface area contributed by atoms with Crippen LogP contribution in [0.15, 0.2) is 0 Å². The molecule has 0 amide bonds. The van der Waals surface area contributed by atoms with Crippen molar-refractivity contribution in [2.45, 2.75) is 206 Å². The number of unbranched alkanes of at least 4 members (excludes halogenated alkanes) is 26. The first-order chi connectivity index (χ1) is 19.7. The smallest absolute Gasteiger partial charge is 0.316 e. The molecule has 0 fully saturated rings. The molecule has 0 aliphatic heterocycles. The van der Waals surface area contributed by atoms with Gasteiger partial charge in [0.2, 0.25) is 0 Å². The number of hydrogen-bond donors (Lipinski definition) is 2. The molecule has 0 saturated heterocycles. The summed E-state index contributed by atoms with van der Waals surface area (Å²) in [5.74, 6) is -0.415. The van der Waals surface area contributed by atoms with E-state index in [2.05, 4.69) is 13.8 Å². The molecule has 0 aliphatic rings. The Kier molecular flexibility index (Phi) is 30.9. The third kappa shape index (κ3) is 24.0. The summed E-state index contributed by atoms with van der Waals surface area (Å²) >= 11 is 0. The van der Waals surface area contributed by atoms with E-state index in [-0.39, 0.29) is 6.61 Å². The van der Waals surface area contributed by atoms with Gasteiger partial charge in [0, 0.05) is 0 Å². The van der Waals surface area contributed by atoms with Gasteiger partial charge in [-0.25, -0.2) is 0 Å². The summed E-state index contributed by atoms with van der Waals surface area (Å²) in [5.41, 5.74) is -0.836. The molecule has 0 aromatic carbocycles. The molecule has 0 rings (SSSR count). The Bertz CT molecular complexity index is 475. The van der Waals surface area contributed by atoms with Crippen LogP contribution in [-0.4, -0.2) is 29.6 Å². The third-order valence-electron chi connectivity index (χ3n) is 8.95. The molecular formula is C36H72O4. The highest BCUT2D eigenvalue weighted by molar-refractivity contribution is 5.76. The SMILES string of the molecule is CCCCCCCCCCCCCCCCC(CO)(CCCCCCCCCCCCCCCC)C(=O)OCO. The molecule has 0 aromatic rings. The van der Waals surface area contributed by atoms with Crippen LogP contribution >= 0.6 is 0 Å². The van der Waals surface area contributed by atoms with E-state index in [1.54, 1.807) is 0 Å². The summed E-state index contributed by atoms with van der Waals surface area (Å²) in [5, 5.41) is 19.4. The molecule has 0 atom stereocenters. The van der Waals surface area contributed by atoms with E-state index in [1.807, 2.05) is 0 Å². The van der Waals surface area contributed by atoms with Gasteiger partial charge in [0.25, 0.3) is 0 Å². The van der Waals surface area contributed by atoms with Crippen LogP contribution in [0.25, 0.3) is 0 Å². The van der Waals surface area contributed by atoms with Crippen LogP contribution in [0.4, 0.5) is 0 Å². The molecule has 0 aliphatic carbocycles. The summed E-state index contributed by atoms with van der Waals surface area (Å²) in [7, 11) is 0. The zero-order valence-electron chi connectivity index (χ0n) is 27.3. The summed E-state index contributed by atoms with van der Waals surface area (Å²) < 4.78 is 4.99. The number of carbonyl (C=O) groups is 1. The highest BCUT2D eigenvalue weighted by Crippen LogP contribution is 2.33. The lowest BCUT2D eigenvalue weighted by atomic mass is 9.78. The predicted molar refractivity (Wildman–Crippen MR) is 173 cm³/mol. The van der Waals surface area contributed by atoms with E-state index >= 15 is 0 Å². The standard InChI is InChI=1S/C36H72O4/c1-3-5-7-9-11-13-15-17-19-21-23-25-27-29-31-36(33-37,35(39)40-34-38)32-30-28-26-24-22-20-18-16-14-12-10-8-6-4-2/h37-38H,3-34H2,1-2H3. The number of hydrogen-bond acceptors (Lipinski definition) is 4. The van der Waals surface area contributed by atoms with Crippen molar-refractivity contribution in [1.82, 2.24) is 0 Å². The highest BCUT2D eigenvalue weighted by Gasteiger charge is 2.38. The molecule has 240 valence electrons. The van der Waals surface area contributed by atoms with Crippen LogP contribution in [0.5, 0.6) is 0 Å². The number of aliphatic hydroxyl groups excluding tert-OH is 2. The maximum absolute atomic E-state index is 12.7. The van der Waals surface area contributed by atoms with Gasteiger partial charge in [0.05, 0.1) is 12.0 Å². The second kappa shape index (κ2) is 31.3. The lowest BCUT2D eigenvalue weighted by molar-refractivity contribution is -0.168. The van der Waals surface area contributed by atoms with Crippen molar-refractivity contribution in [2.24, 2.45) is 5.41 Å². The molecule has 40 heavy (non-hydrogen) atoms. The molecule has 0 bridgehead atoms. The normalized spacial score (nSPS) is 11.8. The van der Waals surface area contributed by atoms with Gasteiger partial charge in [-0.15, -0.1) is 0 Å².